The van der Waals surface area contributed by atoms with Crippen LogP contribution in [0.1, 0.15) is 16.7 Å². The van der Waals surface area contributed by atoms with Crippen LogP contribution in [-0.2, 0) is 0 Å². The number of rotatable bonds is 4. The Balaban J connectivity index is 2.16. The van der Waals surface area contributed by atoms with E-state index in [0.29, 0.717) is 0 Å². The Labute approximate surface area is 117 Å². The molecule has 2 rings (SSSR count). The average Bonchev–Trinajstić information content (AvgIpc) is 2.77. The van der Waals surface area contributed by atoms with Crippen molar-refractivity contribution in [3.05, 3.63) is 46.3 Å². The van der Waals surface area contributed by atoms with E-state index in [0.717, 1.165) is 5.75 Å². The summed E-state index contributed by atoms with van der Waals surface area (Å²) in [6, 6.07) is 8.08. The summed E-state index contributed by atoms with van der Waals surface area (Å²) >= 11 is 3.62. The molecule has 1 aromatic carbocycles. The summed E-state index contributed by atoms with van der Waals surface area (Å²) in [7, 11) is 1.68. The molecule has 0 saturated heterocycles. The molecule has 94 valence electrons. The molecule has 1 aromatic heterocycles. The van der Waals surface area contributed by atoms with Gasteiger partial charge in [-0.05, 0) is 47.4 Å². The maximum absolute atomic E-state index is 5.14. The molecule has 0 unspecified atom stereocenters. The maximum atomic E-state index is 5.14. The number of thioether (sulfide) groups is 1. The predicted octanol–water partition coefficient (Wildman–Crippen LogP) is 4.96. The van der Waals surface area contributed by atoms with Crippen molar-refractivity contribution in [2.24, 2.45) is 0 Å². The molecule has 18 heavy (non-hydrogen) atoms. The van der Waals surface area contributed by atoms with Crippen molar-refractivity contribution < 1.29 is 4.74 Å². The molecule has 3 heteroatoms. The first-order valence-corrected chi connectivity index (χ1v) is 7.79. The van der Waals surface area contributed by atoms with Crippen molar-refractivity contribution >= 4 is 35.3 Å². The smallest absolute Gasteiger partial charge is 0.118 e. The number of hydrogen-bond donors (Lipinski definition) is 0. The van der Waals surface area contributed by atoms with Crippen LogP contribution in [0.5, 0.6) is 5.75 Å². The van der Waals surface area contributed by atoms with E-state index in [1.54, 1.807) is 7.11 Å². The molecule has 0 N–H and O–H groups in total. The molecule has 0 saturated carbocycles. The van der Waals surface area contributed by atoms with Gasteiger partial charge in [0.15, 0.2) is 0 Å². The molecule has 0 aliphatic rings. The minimum Gasteiger partial charge on any atom is -0.497 e. The third-order valence-corrected chi connectivity index (χ3v) is 5.15. The first-order chi connectivity index (χ1) is 8.74. The van der Waals surface area contributed by atoms with Crippen LogP contribution in [0.2, 0.25) is 0 Å². The van der Waals surface area contributed by atoms with Gasteiger partial charge in [-0.2, -0.15) is 0 Å². The Bertz CT molecular complexity index is 538. The Morgan fingerprint density at radius 1 is 1.17 bits per heavy atom. The van der Waals surface area contributed by atoms with Gasteiger partial charge in [0.25, 0.3) is 0 Å². The van der Waals surface area contributed by atoms with Gasteiger partial charge in [-0.1, -0.05) is 24.3 Å². The molecular formula is C15H16OS2. The molecule has 0 spiro atoms. The van der Waals surface area contributed by atoms with Crippen LogP contribution in [0.25, 0.3) is 12.2 Å². The first-order valence-electron chi connectivity index (χ1n) is 5.69. The first kappa shape index (κ1) is 13.2. The number of thiophene rings is 1. The van der Waals surface area contributed by atoms with E-state index in [9.17, 15) is 0 Å². The van der Waals surface area contributed by atoms with Crippen LogP contribution >= 0.6 is 23.1 Å². The zero-order valence-electron chi connectivity index (χ0n) is 10.8. The molecule has 1 nitrogen and oxygen atoms in total. The van der Waals surface area contributed by atoms with Gasteiger partial charge in [-0.25, -0.2) is 0 Å². The second-order valence-electron chi connectivity index (χ2n) is 3.91. The van der Waals surface area contributed by atoms with Crippen molar-refractivity contribution in [3.63, 3.8) is 0 Å². The van der Waals surface area contributed by atoms with Crippen molar-refractivity contribution in [2.45, 2.75) is 11.1 Å². The lowest BCUT2D eigenvalue weighted by atomic mass is 10.1. The van der Waals surface area contributed by atoms with Crippen LogP contribution in [0, 0.1) is 6.92 Å². The monoisotopic (exact) mass is 276 g/mol. The molecule has 0 aliphatic carbocycles. The van der Waals surface area contributed by atoms with Gasteiger partial charge >= 0.3 is 0 Å². The topological polar surface area (TPSA) is 9.23 Å². The fourth-order valence-electron chi connectivity index (χ4n) is 1.68. The summed E-state index contributed by atoms with van der Waals surface area (Å²) in [5.74, 6) is 0.892. The lowest BCUT2D eigenvalue weighted by Gasteiger charge is -1.99. The van der Waals surface area contributed by atoms with E-state index in [2.05, 4.69) is 42.8 Å². The fourth-order valence-corrected chi connectivity index (χ4v) is 3.42. The predicted molar refractivity (Wildman–Crippen MR) is 82.8 cm³/mol. The van der Waals surface area contributed by atoms with Crippen LogP contribution < -0.4 is 4.74 Å². The lowest BCUT2D eigenvalue weighted by Crippen LogP contribution is -1.81. The summed E-state index contributed by atoms with van der Waals surface area (Å²) in [5.41, 5.74) is 3.87. The number of methoxy groups -OCH3 is 1. The van der Waals surface area contributed by atoms with Crippen molar-refractivity contribution in [1.82, 2.24) is 0 Å². The van der Waals surface area contributed by atoms with Crippen molar-refractivity contribution in [1.29, 1.82) is 0 Å². The molecule has 0 amide bonds. The van der Waals surface area contributed by atoms with Crippen LogP contribution in [-0.4, -0.2) is 13.4 Å². The van der Waals surface area contributed by atoms with Gasteiger partial charge in [-0.15, -0.1) is 23.1 Å². The molecular weight excluding hydrogens is 260 g/mol. The Hall–Kier alpha value is -1.19. The van der Waals surface area contributed by atoms with Crippen LogP contribution in [0.4, 0.5) is 0 Å². The van der Waals surface area contributed by atoms with E-state index in [1.165, 1.54) is 20.9 Å². The van der Waals surface area contributed by atoms with Gasteiger partial charge in [-0.3, -0.25) is 0 Å². The normalized spacial score (nSPS) is 11.1. The summed E-state index contributed by atoms with van der Waals surface area (Å²) in [6.45, 7) is 2.18. The van der Waals surface area contributed by atoms with E-state index >= 15 is 0 Å². The molecule has 0 aliphatic heterocycles. The minimum absolute atomic E-state index is 0.892. The quantitative estimate of drug-likeness (QED) is 0.730. The molecule has 2 aromatic rings. The van der Waals surface area contributed by atoms with Gasteiger partial charge in [0.1, 0.15) is 5.75 Å². The largest absolute Gasteiger partial charge is 0.497 e. The average molecular weight is 276 g/mol. The van der Waals surface area contributed by atoms with Crippen LogP contribution in [0.15, 0.2) is 33.9 Å². The van der Waals surface area contributed by atoms with Gasteiger partial charge in [0.05, 0.1) is 11.3 Å². The van der Waals surface area contributed by atoms with E-state index in [-0.39, 0.29) is 0 Å². The third-order valence-electron chi connectivity index (χ3n) is 2.79. The second kappa shape index (κ2) is 6.12. The highest BCUT2D eigenvalue weighted by atomic mass is 32.2. The number of ether oxygens (including phenoxy) is 1. The standard InChI is InChI=1S/C15H16OS2/c1-11-13(10-18-15(11)17-3)7-4-12-5-8-14(16-2)9-6-12/h4-10H,1-3H3/b7-4+. The zero-order valence-corrected chi connectivity index (χ0v) is 12.4. The Morgan fingerprint density at radius 2 is 1.89 bits per heavy atom. The Morgan fingerprint density at radius 3 is 2.44 bits per heavy atom. The van der Waals surface area contributed by atoms with Gasteiger partial charge in [0, 0.05) is 0 Å². The highest BCUT2D eigenvalue weighted by molar-refractivity contribution is 8.00. The molecule has 0 atom stereocenters. The van der Waals surface area contributed by atoms with Crippen molar-refractivity contribution in [3.8, 4) is 5.75 Å². The van der Waals surface area contributed by atoms with Crippen molar-refractivity contribution in [2.75, 3.05) is 13.4 Å². The fraction of sp³-hybridized carbons (Fsp3) is 0.200. The van der Waals surface area contributed by atoms with Gasteiger partial charge in [0.2, 0.25) is 0 Å². The highest BCUT2D eigenvalue weighted by Gasteiger charge is 2.03. The SMILES string of the molecule is COc1ccc(/C=C/c2csc(SC)c2C)cc1. The molecule has 0 bridgehead atoms. The lowest BCUT2D eigenvalue weighted by molar-refractivity contribution is 0.415. The van der Waals surface area contributed by atoms with Gasteiger partial charge < -0.3 is 4.74 Å². The number of benzene rings is 1. The van der Waals surface area contributed by atoms with Crippen LogP contribution in [0.3, 0.4) is 0 Å². The summed E-state index contributed by atoms with van der Waals surface area (Å²) in [6.07, 6.45) is 6.43. The third kappa shape index (κ3) is 2.98. The summed E-state index contributed by atoms with van der Waals surface area (Å²) in [5, 5.41) is 2.21. The van der Waals surface area contributed by atoms with E-state index in [4.69, 9.17) is 4.74 Å². The summed E-state index contributed by atoms with van der Waals surface area (Å²) < 4.78 is 6.54. The maximum Gasteiger partial charge on any atom is 0.118 e. The second-order valence-corrected chi connectivity index (χ2v) is 5.87. The zero-order chi connectivity index (χ0) is 13.0. The molecule has 0 fully saturated rings. The number of hydrogen-bond acceptors (Lipinski definition) is 3. The summed E-state index contributed by atoms with van der Waals surface area (Å²) in [4.78, 5) is 0. The van der Waals surface area contributed by atoms with E-state index < -0.39 is 0 Å². The van der Waals surface area contributed by atoms with E-state index in [1.807, 2.05) is 35.2 Å². The minimum atomic E-state index is 0.892. The molecule has 0 radical (unpaired) electrons. The highest BCUT2D eigenvalue weighted by Crippen LogP contribution is 2.30. The Kier molecular flexibility index (Phi) is 4.50. The molecule has 1 heterocycles.